The number of carbonyl (C=O) groups excluding carboxylic acids is 1. The highest BCUT2D eigenvalue weighted by Gasteiger charge is 2.27. The summed E-state index contributed by atoms with van der Waals surface area (Å²) in [6.07, 6.45) is 0. The molecule has 32 heavy (non-hydrogen) atoms. The van der Waals surface area contributed by atoms with Crippen LogP contribution in [0.2, 0.25) is 10.0 Å². The molecule has 1 saturated heterocycles. The summed E-state index contributed by atoms with van der Waals surface area (Å²) in [5.41, 5.74) is 0.836. The van der Waals surface area contributed by atoms with Gasteiger partial charge >= 0.3 is 0 Å². The zero-order valence-electron chi connectivity index (χ0n) is 18.1. The van der Waals surface area contributed by atoms with Gasteiger partial charge in [0.1, 0.15) is 5.69 Å². The molecule has 0 spiro atoms. The summed E-state index contributed by atoms with van der Waals surface area (Å²) in [5.74, 6) is 0.937. The van der Waals surface area contributed by atoms with Crippen LogP contribution in [0.5, 0.6) is 11.5 Å². The second-order valence-electron chi connectivity index (χ2n) is 7.86. The van der Waals surface area contributed by atoms with Crippen LogP contribution >= 0.6 is 23.2 Å². The van der Waals surface area contributed by atoms with E-state index in [9.17, 15) is 14.9 Å². The molecule has 10 heteroatoms. The molecule has 1 heterocycles. The number of piperazine rings is 1. The molecule has 1 aliphatic heterocycles. The third-order valence-corrected chi connectivity index (χ3v) is 5.59. The van der Waals surface area contributed by atoms with Crippen LogP contribution in [0, 0.1) is 16.0 Å². The van der Waals surface area contributed by atoms with Crippen molar-refractivity contribution in [3.63, 3.8) is 0 Å². The summed E-state index contributed by atoms with van der Waals surface area (Å²) in [6.45, 7) is 6.24. The van der Waals surface area contributed by atoms with Crippen molar-refractivity contribution in [1.29, 1.82) is 0 Å². The third kappa shape index (κ3) is 5.37. The predicted molar refractivity (Wildman–Crippen MR) is 125 cm³/mol. The average Bonchev–Trinajstić information content (AvgIpc) is 2.77. The van der Waals surface area contributed by atoms with Gasteiger partial charge in [-0.3, -0.25) is 14.9 Å². The minimum Gasteiger partial charge on any atom is -0.493 e. The van der Waals surface area contributed by atoms with Gasteiger partial charge in [0.25, 0.3) is 11.6 Å². The Morgan fingerprint density at radius 3 is 2.44 bits per heavy atom. The lowest BCUT2D eigenvalue weighted by Gasteiger charge is -2.36. The first-order valence-corrected chi connectivity index (χ1v) is 10.9. The molecule has 2 aromatic carbocycles. The first-order chi connectivity index (χ1) is 15.2. The highest BCUT2D eigenvalue weighted by molar-refractivity contribution is 6.32. The number of ether oxygens (including phenoxy) is 2. The third-order valence-electron chi connectivity index (χ3n) is 5.08. The molecule has 172 valence electrons. The van der Waals surface area contributed by atoms with Crippen molar-refractivity contribution < 1.29 is 19.2 Å². The average molecular weight is 482 g/mol. The Labute approximate surface area is 196 Å². The smallest absolute Gasteiger partial charge is 0.294 e. The molecule has 1 aliphatic rings. The zero-order valence-corrected chi connectivity index (χ0v) is 19.7. The SMILES string of the molecule is COc1cc(C(=O)N2CCN(c3ccc(Cl)cc3[N+](=O)[O-])CC2)cc(Cl)c1OCC(C)C. The first kappa shape index (κ1) is 23.9. The number of benzene rings is 2. The summed E-state index contributed by atoms with van der Waals surface area (Å²) in [4.78, 5) is 27.6. The molecule has 2 aromatic rings. The number of anilines is 1. The zero-order chi connectivity index (χ0) is 23.4. The van der Waals surface area contributed by atoms with Crippen LogP contribution in [0.15, 0.2) is 30.3 Å². The van der Waals surface area contributed by atoms with E-state index in [0.717, 1.165) is 0 Å². The minimum absolute atomic E-state index is 0.0502. The van der Waals surface area contributed by atoms with Crippen molar-refractivity contribution in [2.45, 2.75) is 13.8 Å². The number of hydrogen-bond donors (Lipinski definition) is 0. The highest BCUT2D eigenvalue weighted by Crippen LogP contribution is 2.37. The van der Waals surface area contributed by atoms with Gasteiger partial charge < -0.3 is 19.3 Å². The molecule has 8 nitrogen and oxygen atoms in total. The van der Waals surface area contributed by atoms with Crippen LogP contribution in [-0.4, -0.2) is 55.6 Å². The Balaban J connectivity index is 1.73. The number of amides is 1. The number of nitro benzene ring substituents is 1. The van der Waals surface area contributed by atoms with E-state index in [1.54, 1.807) is 29.2 Å². The van der Waals surface area contributed by atoms with E-state index >= 15 is 0 Å². The van der Waals surface area contributed by atoms with Gasteiger partial charge in [-0.15, -0.1) is 0 Å². The van der Waals surface area contributed by atoms with Crippen LogP contribution < -0.4 is 14.4 Å². The van der Waals surface area contributed by atoms with Gasteiger partial charge in [-0.2, -0.15) is 0 Å². The molecule has 0 bridgehead atoms. The van der Waals surface area contributed by atoms with E-state index < -0.39 is 4.92 Å². The van der Waals surface area contributed by atoms with E-state index in [-0.39, 0.29) is 11.6 Å². The number of rotatable bonds is 7. The largest absolute Gasteiger partial charge is 0.493 e. The summed E-state index contributed by atoms with van der Waals surface area (Å²) in [7, 11) is 1.50. The lowest BCUT2D eigenvalue weighted by atomic mass is 10.1. The molecular weight excluding hydrogens is 457 g/mol. The minimum atomic E-state index is -0.448. The highest BCUT2D eigenvalue weighted by atomic mass is 35.5. The van der Waals surface area contributed by atoms with Gasteiger partial charge in [0.05, 0.1) is 23.7 Å². The Bertz CT molecular complexity index is 1010. The quantitative estimate of drug-likeness (QED) is 0.412. The van der Waals surface area contributed by atoms with E-state index in [2.05, 4.69) is 0 Å². The van der Waals surface area contributed by atoms with Crippen molar-refractivity contribution in [2.75, 3.05) is 44.8 Å². The molecule has 0 N–H and O–H groups in total. The number of methoxy groups -OCH3 is 1. The lowest BCUT2D eigenvalue weighted by Crippen LogP contribution is -2.49. The Morgan fingerprint density at radius 2 is 1.84 bits per heavy atom. The van der Waals surface area contributed by atoms with Crippen LogP contribution in [0.1, 0.15) is 24.2 Å². The van der Waals surface area contributed by atoms with Gasteiger partial charge in [-0.05, 0) is 30.2 Å². The molecule has 0 atom stereocenters. The topological polar surface area (TPSA) is 85.2 Å². The van der Waals surface area contributed by atoms with Crippen molar-refractivity contribution in [3.05, 3.63) is 56.1 Å². The van der Waals surface area contributed by atoms with Crippen LogP contribution in [0.3, 0.4) is 0 Å². The molecule has 3 rings (SSSR count). The number of hydrogen-bond acceptors (Lipinski definition) is 6. The summed E-state index contributed by atoms with van der Waals surface area (Å²) >= 11 is 12.3. The van der Waals surface area contributed by atoms with E-state index in [4.69, 9.17) is 32.7 Å². The molecule has 0 radical (unpaired) electrons. The summed E-state index contributed by atoms with van der Waals surface area (Å²) in [5, 5.41) is 12.0. The Morgan fingerprint density at radius 1 is 1.16 bits per heavy atom. The van der Waals surface area contributed by atoms with Crippen LogP contribution in [0.4, 0.5) is 11.4 Å². The molecule has 1 fully saturated rings. The Kier molecular flexibility index (Phi) is 7.69. The van der Waals surface area contributed by atoms with E-state index in [0.29, 0.717) is 71.5 Å². The van der Waals surface area contributed by atoms with Crippen molar-refractivity contribution in [1.82, 2.24) is 4.90 Å². The second kappa shape index (κ2) is 10.3. The van der Waals surface area contributed by atoms with E-state index in [1.165, 1.54) is 13.2 Å². The Hall–Kier alpha value is -2.71. The number of nitro groups is 1. The van der Waals surface area contributed by atoms with Gasteiger partial charge in [0, 0.05) is 42.8 Å². The fourth-order valence-corrected chi connectivity index (χ4v) is 3.91. The maximum atomic E-state index is 13.1. The second-order valence-corrected chi connectivity index (χ2v) is 8.71. The van der Waals surface area contributed by atoms with E-state index in [1.807, 2.05) is 18.7 Å². The fourth-order valence-electron chi connectivity index (χ4n) is 3.48. The summed E-state index contributed by atoms with van der Waals surface area (Å²) in [6, 6.07) is 7.81. The summed E-state index contributed by atoms with van der Waals surface area (Å²) < 4.78 is 11.1. The molecule has 0 unspecified atom stereocenters. The fraction of sp³-hybridized carbons (Fsp3) is 0.409. The van der Waals surface area contributed by atoms with Gasteiger partial charge in [-0.1, -0.05) is 37.0 Å². The van der Waals surface area contributed by atoms with Gasteiger partial charge in [-0.25, -0.2) is 0 Å². The van der Waals surface area contributed by atoms with Crippen molar-refractivity contribution >= 4 is 40.5 Å². The van der Waals surface area contributed by atoms with Crippen molar-refractivity contribution in [3.8, 4) is 11.5 Å². The number of carbonyl (C=O) groups is 1. The maximum Gasteiger partial charge on any atom is 0.294 e. The van der Waals surface area contributed by atoms with Crippen LogP contribution in [-0.2, 0) is 0 Å². The standard InChI is InChI=1S/C22H25Cl2N3O5/c1-14(2)13-32-21-17(24)10-15(11-20(21)31-3)22(28)26-8-6-25(7-9-26)18-5-4-16(23)12-19(18)27(29)30/h4-5,10-12,14H,6-9,13H2,1-3H3. The maximum absolute atomic E-state index is 13.1. The van der Waals surface area contributed by atoms with Gasteiger partial charge in [0.15, 0.2) is 11.5 Å². The molecular formula is C22H25Cl2N3O5. The monoisotopic (exact) mass is 481 g/mol. The van der Waals surface area contributed by atoms with Crippen LogP contribution in [0.25, 0.3) is 0 Å². The normalized spacial score (nSPS) is 13.9. The van der Waals surface area contributed by atoms with Gasteiger partial charge in [0.2, 0.25) is 0 Å². The molecule has 0 aromatic heterocycles. The molecule has 1 amide bonds. The predicted octanol–water partition coefficient (Wildman–Crippen LogP) is 4.91. The molecule has 0 aliphatic carbocycles. The lowest BCUT2D eigenvalue weighted by molar-refractivity contribution is -0.384. The molecule has 0 saturated carbocycles. The first-order valence-electron chi connectivity index (χ1n) is 10.2. The number of nitrogens with zero attached hydrogens (tertiary/aromatic N) is 3. The number of halogens is 2. The van der Waals surface area contributed by atoms with Crippen molar-refractivity contribution in [2.24, 2.45) is 5.92 Å².